The van der Waals surface area contributed by atoms with Crippen molar-refractivity contribution in [3.05, 3.63) is 72.4 Å². The van der Waals surface area contributed by atoms with Crippen molar-refractivity contribution < 1.29 is 13.2 Å². The van der Waals surface area contributed by atoms with Crippen molar-refractivity contribution in [3.8, 4) is 0 Å². The second-order valence-electron chi connectivity index (χ2n) is 9.42. The molecule has 1 aromatic rings. The van der Waals surface area contributed by atoms with E-state index in [1.165, 1.54) is 44.1 Å². The molecule has 2 aliphatic carbocycles. The third kappa shape index (κ3) is 7.12. The Balaban J connectivity index is 1.69. The van der Waals surface area contributed by atoms with E-state index >= 15 is 0 Å². The van der Waals surface area contributed by atoms with Crippen molar-refractivity contribution in [2.24, 2.45) is 17.3 Å². The average molecular weight is 431 g/mol. The lowest BCUT2D eigenvalue weighted by Gasteiger charge is -2.41. The van der Waals surface area contributed by atoms with Crippen molar-refractivity contribution in [2.75, 3.05) is 0 Å². The number of allylic oxidation sites excluding steroid dienone is 6. The zero-order valence-electron chi connectivity index (χ0n) is 18.8. The van der Waals surface area contributed by atoms with Gasteiger partial charge in [-0.15, -0.1) is 0 Å². The minimum absolute atomic E-state index is 0.0570. The van der Waals surface area contributed by atoms with Gasteiger partial charge in [-0.2, -0.15) is 13.2 Å². The van der Waals surface area contributed by atoms with Crippen LogP contribution in [0.15, 0.2) is 66.8 Å². The Bertz CT molecular complexity index is 719. The van der Waals surface area contributed by atoms with Crippen molar-refractivity contribution >= 4 is 0 Å². The van der Waals surface area contributed by atoms with E-state index in [9.17, 15) is 13.2 Å². The zero-order valence-corrected chi connectivity index (χ0v) is 18.8. The highest BCUT2D eigenvalue weighted by Gasteiger charge is 2.36. The number of hydrogen-bond acceptors (Lipinski definition) is 0. The predicted octanol–water partition coefficient (Wildman–Crippen LogP) is 9.17. The number of alkyl halides is 3. The standard InChI is InChI=1S/C28H37F3/c1-2-3-5-10-23-13-15-26(16-14-23)27(19-8-9-20-28(29,30)31)21-17-25(18-22-27)24-11-6-4-7-12-24/h4,6-8,11-12,17-19,21-23,25-26H,2-3,5,9-10,13-16,20H2,1H3/b19-8+. The quantitative estimate of drug-likeness (QED) is 0.270. The van der Waals surface area contributed by atoms with E-state index in [2.05, 4.69) is 61.6 Å². The summed E-state index contributed by atoms with van der Waals surface area (Å²) in [4.78, 5) is 0. The van der Waals surface area contributed by atoms with E-state index in [-0.39, 0.29) is 17.8 Å². The summed E-state index contributed by atoms with van der Waals surface area (Å²) in [6.45, 7) is 2.25. The minimum Gasteiger partial charge on any atom is -0.171 e. The summed E-state index contributed by atoms with van der Waals surface area (Å²) < 4.78 is 37.9. The third-order valence-electron chi connectivity index (χ3n) is 7.14. The first-order valence-electron chi connectivity index (χ1n) is 12.1. The van der Waals surface area contributed by atoms with Crippen LogP contribution < -0.4 is 0 Å². The summed E-state index contributed by atoms with van der Waals surface area (Å²) in [6, 6.07) is 10.4. The van der Waals surface area contributed by atoms with Crippen LogP contribution in [0.3, 0.4) is 0 Å². The Labute approximate surface area is 186 Å². The van der Waals surface area contributed by atoms with Gasteiger partial charge in [0, 0.05) is 17.8 Å². The van der Waals surface area contributed by atoms with Gasteiger partial charge in [0.2, 0.25) is 0 Å². The van der Waals surface area contributed by atoms with Crippen molar-refractivity contribution in [2.45, 2.75) is 83.2 Å². The SMILES string of the molecule is CCCCCC1CCC(C2(/C=C/CCC(F)(F)F)C=CC(c3ccccc3)C=C2)CC1. The molecule has 0 spiro atoms. The van der Waals surface area contributed by atoms with Gasteiger partial charge in [0.1, 0.15) is 0 Å². The summed E-state index contributed by atoms with van der Waals surface area (Å²) in [5, 5.41) is 0. The van der Waals surface area contributed by atoms with Gasteiger partial charge in [-0.25, -0.2) is 0 Å². The van der Waals surface area contributed by atoms with Crippen LogP contribution in [0.4, 0.5) is 13.2 Å². The second-order valence-corrected chi connectivity index (χ2v) is 9.42. The highest BCUT2D eigenvalue weighted by atomic mass is 19.4. The molecule has 0 bridgehead atoms. The molecule has 0 radical (unpaired) electrons. The van der Waals surface area contributed by atoms with E-state index in [0.717, 1.165) is 18.8 Å². The molecule has 0 heterocycles. The highest BCUT2D eigenvalue weighted by Crippen LogP contribution is 2.47. The largest absolute Gasteiger partial charge is 0.389 e. The predicted molar refractivity (Wildman–Crippen MR) is 124 cm³/mol. The zero-order chi connectivity index (χ0) is 22.2. The molecule has 31 heavy (non-hydrogen) atoms. The number of halogens is 3. The summed E-state index contributed by atoms with van der Waals surface area (Å²) in [5.41, 5.74) is 1.01. The fourth-order valence-electron chi connectivity index (χ4n) is 5.25. The van der Waals surface area contributed by atoms with Gasteiger partial charge in [0.25, 0.3) is 0 Å². The molecule has 0 unspecified atom stereocenters. The second kappa shape index (κ2) is 11.2. The van der Waals surface area contributed by atoms with Crippen LogP contribution in [0, 0.1) is 17.3 Å². The Morgan fingerprint density at radius 1 is 0.968 bits per heavy atom. The maximum Gasteiger partial charge on any atom is 0.389 e. The molecule has 0 N–H and O–H groups in total. The fraction of sp³-hybridized carbons (Fsp3) is 0.571. The Kier molecular flexibility index (Phi) is 8.63. The molecule has 0 amide bonds. The van der Waals surface area contributed by atoms with Gasteiger partial charge >= 0.3 is 6.18 Å². The first-order chi connectivity index (χ1) is 14.9. The Hall–Kier alpha value is -1.77. The van der Waals surface area contributed by atoms with Gasteiger partial charge in [0.15, 0.2) is 0 Å². The van der Waals surface area contributed by atoms with E-state index in [1.807, 2.05) is 6.07 Å². The van der Waals surface area contributed by atoms with Crippen LogP contribution in [0.5, 0.6) is 0 Å². The Morgan fingerprint density at radius 2 is 1.65 bits per heavy atom. The average Bonchev–Trinajstić information content (AvgIpc) is 2.78. The molecule has 2 aliphatic rings. The van der Waals surface area contributed by atoms with Gasteiger partial charge in [-0.3, -0.25) is 0 Å². The van der Waals surface area contributed by atoms with E-state index in [4.69, 9.17) is 0 Å². The van der Waals surface area contributed by atoms with Crippen molar-refractivity contribution in [1.82, 2.24) is 0 Å². The summed E-state index contributed by atoms with van der Waals surface area (Å²) in [6.07, 6.45) is 18.1. The molecule has 170 valence electrons. The summed E-state index contributed by atoms with van der Waals surface area (Å²) in [7, 11) is 0. The maximum atomic E-state index is 12.6. The van der Waals surface area contributed by atoms with Crippen molar-refractivity contribution in [3.63, 3.8) is 0 Å². The van der Waals surface area contributed by atoms with Crippen LogP contribution in [-0.2, 0) is 0 Å². The van der Waals surface area contributed by atoms with E-state index in [1.54, 1.807) is 6.08 Å². The molecular weight excluding hydrogens is 393 g/mol. The lowest BCUT2D eigenvalue weighted by Crippen LogP contribution is -2.30. The molecule has 0 atom stereocenters. The van der Waals surface area contributed by atoms with Gasteiger partial charge < -0.3 is 0 Å². The molecular formula is C28H37F3. The first kappa shape index (κ1) is 23.9. The number of unbranched alkanes of at least 4 members (excludes halogenated alkanes) is 2. The third-order valence-corrected chi connectivity index (χ3v) is 7.14. The summed E-state index contributed by atoms with van der Waals surface area (Å²) >= 11 is 0. The van der Waals surface area contributed by atoms with Crippen LogP contribution in [0.1, 0.15) is 82.6 Å². The first-order valence-corrected chi connectivity index (χ1v) is 12.1. The molecule has 3 heteroatoms. The lowest BCUT2D eigenvalue weighted by atomic mass is 9.64. The minimum atomic E-state index is -4.09. The molecule has 1 aromatic carbocycles. The summed E-state index contributed by atoms with van der Waals surface area (Å²) in [5.74, 6) is 1.53. The smallest absolute Gasteiger partial charge is 0.171 e. The number of hydrogen-bond donors (Lipinski definition) is 0. The van der Waals surface area contributed by atoms with E-state index < -0.39 is 12.6 Å². The molecule has 0 nitrogen and oxygen atoms in total. The lowest BCUT2D eigenvalue weighted by molar-refractivity contribution is -0.133. The van der Waals surface area contributed by atoms with Crippen LogP contribution in [0.2, 0.25) is 0 Å². The van der Waals surface area contributed by atoms with Crippen molar-refractivity contribution in [1.29, 1.82) is 0 Å². The normalized spacial score (nSPS) is 29.0. The molecule has 1 saturated carbocycles. The molecule has 0 aliphatic heterocycles. The van der Waals surface area contributed by atoms with Crippen LogP contribution in [0.25, 0.3) is 0 Å². The van der Waals surface area contributed by atoms with Gasteiger partial charge in [0.05, 0.1) is 0 Å². The molecule has 1 fully saturated rings. The van der Waals surface area contributed by atoms with E-state index in [0.29, 0.717) is 5.92 Å². The van der Waals surface area contributed by atoms with Gasteiger partial charge in [-0.1, -0.05) is 112 Å². The number of benzene rings is 1. The number of rotatable bonds is 9. The van der Waals surface area contributed by atoms with Crippen LogP contribution in [-0.4, -0.2) is 6.18 Å². The molecule has 0 saturated heterocycles. The monoisotopic (exact) mass is 430 g/mol. The fourth-order valence-corrected chi connectivity index (χ4v) is 5.25. The van der Waals surface area contributed by atoms with Crippen LogP contribution >= 0.6 is 0 Å². The van der Waals surface area contributed by atoms with Gasteiger partial charge in [-0.05, 0) is 36.7 Å². The highest BCUT2D eigenvalue weighted by molar-refractivity contribution is 5.37. The Morgan fingerprint density at radius 3 is 2.26 bits per heavy atom. The molecule has 0 aromatic heterocycles. The molecule has 3 rings (SSSR count). The maximum absolute atomic E-state index is 12.6. The topological polar surface area (TPSA) is 0 Å².